The largest absolute Gasteiger partial charge is 0.345 e. The van der Waals surface area contributed by atoms with Crippen molar-refractivity contribution in [2.45, 2.75) is 26.2 Å². The van der Waals surface area contributed by atoms with Crippen molar-refractivity contribution < 1.29 is 9.59 Å². The van der Waals surface area contributed by atoms with Crippen LogP contribution >= 0.6 is 0 Å². The van der Waals surface area contributed by atoms with Gasteiger partial charge in [0.1, 0.15) is 0 Å². The van der Waals surface area contributed by atoms with Crippen molar-refractivity contribution in [2.75, 3.05) is 18.9 Å². The highest BCUT2D eigenvalue weighted by molar-refractivity contribution is 5.96. The molecule has 1 atom stereocenters. The van der Waals surface area contributed by atoms with Gasteiger partial charge in [0.15, 0.2) is 5.82 Å². The second-order valence-electron chi connectivity index (χ2n) is 5.03. The van der Waals surface area contributed by atoms with Gasteiger partial charge in [-0.3, -0.25) is 14.7 Å². The predicted molar refractivity (Wildman–Crippen MR) is 67.1 cm³/mol. The van der Waals surface area contributed by atoms with Crippen LogP contribution in [0.5, 0.6) is 0 Å². The minimum Gasteiger partial charge on any atom is -0.345 e. The zero-order valence-corrected chi connectivity index (χ0v) is 10.9. The zero-order valence-electron chi connectivity index (χ0n) is 10.9. The molecule has 0 bridgehead atoms. The molecular weight excluding hydrogens is 232 g/mol. The van der Waals surface area contributed by atoms with Crippen LogP contribution in [0.25, 0.3) is 0 Å². The minimum absolute atomic E-state index is 0.0139. The Hall–Kier alpha value is -1.85. The van der Waals surface area contributed by atoms with E-state index in [0.29, 0.717) is 18.3 Å². The van der Waals surface area contributed by atoms with Gasteiger partial charge in [-0.05, 0) is 5.92 Å². The molecule has 2 amide bonds. The SMILES string of the molecule is CC(C)c1cc(NC(=O)C2CC(=O)N(C)C2)n[nH]1. The molecule has 6 heteroatoms. The molecule has 1 aliphatic heterocycles. The Balaban J connectivity index is 1.97. The van der Waals surface area contributed by atoms with Gasteiger partial charge in [-0.2, -0.15) is 5.10 Å². The number of H-pyrrole nitrogens is 1. The van der Waals surface area contributed by atoms with E-state index in [1.165, 1.54) is 0 Å². The molecule has 98 valence electrons. The van der Waals surface area contributed by atoms with Crippen molar-refractivity contribution in [3.63, 3.8) is 0 Å². The van der Waals surface area contributed by atoms with Crippen LogP contribution in [0, 0.1) is 5.92 Å². The number of rotatable bonds is 3. The first-order valence-corrected chi connectivity index (χ1v) is 6.07. The number of hydrogen-bond donors (Lipinski definition) is 2. The molecule has 1 saturated heterocycles. The summed E-state index contributed by atoms with van der Waals surface area (Å²) in [6.07, 6.45) is 0.282. The van der Waals surface area contributed by atoms with Gasteiger partial charge in [-0.15, -0.1) is 0 Å². The van der Waals surface area contributed by atoms with Gasteiger partial charge in [-0.25, -0.2) is 0 Å². The summed E-state index contributed by atoms with van der Waals surface area (Å²) in [4.78, 5) is 24.9. The second kappa shape index (κ2) is 4.80. The summed E-state index contributed by atoms with van der Waals surface area (Å²) >= 11 is 0. The Kier molecular flexibility index (Phi) is 3.36. The molecule has 1 fully saturated rings. The first kappa shape index (κ1) is 12.6. The second-order valence-corrected chi connectivity index (χ2v) is 5.03. The van der Waals surface area contributed by atoms with E-state index in [2.05, 4.69) is 15.5 Å². The Morgan fingerprint density at radius 1 is 1.61 bits per heavy atom. The predicted octanol–water partition coefficient (Wildman–Crippen LogP) is 0.950. The molecular formula is C12H18N4O2. The molecule has 0 saturated carbocycles. The van der Waals surface area contributed by atoms with Crippen LogP contribution in [0.1, 0.15) is 31.9 Å². The lowest BCUT2D eigenvalue weighted by Crippen LogP contribution is -2.25. The molecule has 1 unspecified atom stereocenters. The van der Waals surface area contributed by atoms with E-state index in [-0.39, 0.29) is 24.2 Å². The third-order valence-electron chi connectivity index (χ3n) is 3.18. The summed E-state index contributed by atoms with van der Waals surface area (Å²) in [5.74, 6) is 0.448. The van der Waals surface area contributed by atoms with Crippen LogP contribution in [-0.2, 0) is 9.59 Å². The number of carbonyl (C=O) groups is 2. The van der Waals surface area contributed by atoms with Crippen LogP contribution in [0.4, 0.5) is 5.82 Å². The summed E-state index contributed by atoms with van der Waals surface area (Å²) in [7, 11) is 1.71. The first-order chi connectivity index (χ1) is 8.47. The number of nitrogens with zero attached hydrogens (tertiary/aromatic N) is 2. The van der Waals surface area contributed by atoms with E-state index in [9.17, 15) is 9.59 Å². The summed E-state index contributed by atoms with van der Waals surface area (Å²) < 4.78 is 0. The lowest BCUT2D eigenvalue weighted by molar-refractivity contribution is -0.127. The van der Waals surface area contributed by atoms with E-state index in [1.54, 1.807) is 11.9 Å². The minimum atomic E-state index is -0.276. The summed E-state index contributed by atoms with van der Waals surface area (Å²) in [6.45, 7) is 4.57. The Bertz CT molecular complexity index is 466. The lowest BCUT2D eigenvalue weighted by Gasteiger charge is -2.09. The van der Waals surface area contributed by atoms with Crippen molar-refractivity contribution in [2.24, 2.45) is 5.92 Å². The van der Waals surface area contributed by atoms with Crippen LogP contribution in [0.15, 0.2) is 6.07 Å². The molecule has 0 aromatic carbocycles. The van der Waals surface area contributed by atoms with Crippen molar-refractivity contribution in [3.05, 3.63) is 11.8 Å². The standard InChI is InChI=1S/C12H18N4O2/c1-7(2)9-5-10(15-14-9)13-12(18)8-4-11(17)16(3)6-8/h5,7-8H,4,6H2,1-3H3,(H2,13,14,15,18). The van der Waals surface area contributed by atoms with Crippen LogP contribution in [0.3, 0.4) is 0 Å². The Morgan fingerprint density at radius 2 is 2.33 bits per heavy atom. The molecule has 1 aromatic rings. The van der Waals surface area contributed by atoms with Crippen molar-refractivity contribution >= 4 is 17.6 Å². The highest BCUT2D eigenvalue weighted by Crippen LogP contribution is 2.19. The third-order valence-corrected chi connectivity index (χ3v) is 3.18. The van der Waals surface area contributed by atoms with Gasteiger partial charge < -0.3 is 10.2 Å². The lowest BCUT2D eigenvalue weighted by atomic mass is 10.1. The maximum atomic E-state index is 11.9. The fraction of sp³-hybridized carbons (Fsp3) is 0.583. The van der Waals surface area contributed by atoms with Crippen molar-refractivity contribution in [1.29, 1.82) is 0 Å². The maximum Gasteiger partial charge on any atom is 0.230 e. The molecule has 2 heterocycles. The fourth-order valence-electron chi connectivity index (χ4n) is 1.96. The van der Waals surface area contributed by atoms with Crippen LogP contribution in [0.2, 0.25) is 0 Å². The number of nitrogens with one attached hydrogen (secondary N) is 2. The average Bonchev–Trinajstić information content (AvgIpc) is 2.87. The molecule has 1 aliphatic rings. The highest BCUT2D eigenvalue weighted by Gasteiger charge is 2.32. The van der Waals surface area contributed by atoms with Gasteiger partial charge >= 0.3 is 0 Å². The zero-order chi connectivity index (χ0) is 13.3. The average molecular weight is 250 g/mol. The highest BCUT2D eigenvalue weighted by atomic mass is 16.2. The molecule has 18 heavy (non-hydrogen) atoms. The number of carbonyl (C=O) groups excluding carboxylic acids is 2. The number of aromatic amines is 1. The molecule has 6 nitrogen and oxygen atoms in total. The van der Waals surface area contributed by atoms with E-state index in [0.717, 1.165) is 5.69 Å². The number of likely N-dealkylation sites (tertiary alicyclic amines) is 1. The van der Waals surface area contributed by atoms with Gasteiger partial charge in [0.05, 0.1) is 5.92 Å². The number of amides is 2. The van der Waals surface area contributed by atoms with E-state index in [1.807, 2.05) is 19.9 Å². The fourth-order valence-corrected chi connectivity index (χ4v) is 1.96. The molecule has 1 aromatic heterocycles. The molecule has 0 spiro atoms. The van der Waals surface area contributed by atoms with Crippen molar-refractivity contribution in [1.82, 2.24) is 15.1 Å². The molecule has 2 N–H and O–H groups in total. The van der Waals surface area contributed by atoms with Gasteiger partial charge in [0.2, 0.25) is 11.8 Å². The smallest absolute Gasteiger partial charge is 0.230 e. The first-order valence-electron chi connectivity index (χ1n) is 6.07. The number of hydrogen-bond acceptors (Lipinski definition) is 3. The van der Waals surface area contributed by atoms with E-state index in [4.69, 9.17) is 0 Å². The van der Waals surface area contributed by atoms with Gasteiger partial charge in [0.25, 0.3) is 0 Å². The summed E-state index contributed by atoms with van der Waals surface area (Å²) in [5, 5.41) is 9.65. The van der Waals surface area contributed by atoms with Crippen molar-refractivity contribution in [3.8, 4) is 0 Å². The summed E-state index contributed by atoms with van der Waals surface area (Å²) in [5.41, 5.74) is 0.977. The summed E-state index contributed by atoms with van der Waals surface area (Å²) in [6, 6.07) is 1.82. The van der Waals surface area contributed by atoms with E-state index >= 15 is 0 Å². The number of anilines is 1. The Morgan fingerprint density at radius 3 is 2.83 bits per heavy atom. The molecule has 0 radical (unpaired) electrons. The monoisotopic (exact) mass is 250 g/mol. The normalized spacial score (nSPS) is 19.7. The number of aromatic nitrogens is 2. The molecule has 2 rings (SSSR count). The van der Waals surface area contributed by atoms with Crippen LogP contribution in [-0.4, -0.2) is 40.5 Å². The maximum absolute atomic E-state index is 11.9. The Labute approximate surface area is 106 Å². The topological polar surface area (TPSA) is 78.1 Å². The van der Waals surface area contributed by atoms with Crippen LogP contribution < -0.4 is 5.32 Å². The van der Waals surface area contributed by atoms with E-state index < -0.39 is 0 Å². The van der Waals surface area contributed by atoms with Gasteiger partial charge in [0, 0.05) is 31.8 Å². The quantitative estimate of drug-likeness (QED) is 0.838. The van der Waals surface area contributed by atoms with Gasteiger partial charge in [-0.1, -0.05) is 13.8 Å². The third kappa shape index (κ3) is 2.52. The molecule has 0 aliphatic carbocycles.